The summed E-state index contributed by atoms with van der Waals surface area (Å²) in [6.45, 7) is 1.44. The standard InChI is InChI=1S/C19H18ClN3OS2/c20-14-5-2-1-4-13(14)17-7-8-23(9-11-26-17)19(24)16-12-15(21-22-16)18-6-3-10-25-18/h1-6,10,12,17H,7-9,11H2,(H,21,22)/t17-/m0/s1. The van der Waals surface area contributed by atoms with Crippen molar-refractivity contribution in [3.63, 3.8) is 0 Å². The van der Waals surface area contributed by atoms with Gasteiger partial charge in [-0.25, -0.2) is 0 Å². The van der Waals surface area contributed by atoms with Gasteiger partial charge in [-0.05, 0) is 35.6 Å². The Kier molecular flexibility index (Phi) is 5.33. The summed E-state index contributed by atoms with van der Waals surface area (Å²) in [5.41, 5.74) is 2.53. The summed E-state index contributed by atoms with van der Waals surface area (Å²) in [7, 11) is 0. The summed E-state index contributed by atoms with van der Waals surface area (Å²) in [4.78, 5) is 15.8. The van der Waals surface area contributed by atoms with E-state index in [0.29, 0.717) is 17.5 Å². The van der Waals surface area contributed by atoms with Crippen molar-refractivity contribution in [1.82, 2.24) is 15.1 Å². The van der Waals surface area contributed by atoms with Crippen molar-refractivity contribution in [2.24, 2.45) is 0 Å². The molecule has 1 aromatic carbocycles. The van der Waals surface area contributed by atoms with Crippen molar-refractivity contribution in [1.29, 1.82) is 0 Å². The molecule has 4 rings (SSSR count). The molecule has 0 unspecified atom stereocenters. The summed E-state index contributed by atoms with van der Waals surface area (Å²) in [6.07, 6.45) is 0.891. The van der Waals surface area contributed by atoms with Gasteiger partial charge in [-0.2, -0.15) is 16.9 Å². The van der Waals surface area contributed by atoms with E-state index < -0.39 is 0 Å². The maximum absolute atomic E-state index is 12.9. The van der Waals surface area contributed by atoms with Gasteiger partial charge in [-0.3, -0.25) is 9.89 Å². The molecule has 0 saturated carbocycles. The average molecular weight is 404 g/mol. The van der Waals surface area contributed by atoms with E-state index in [-0.39, 0.29) is 5.91 Å². The molecule has 1 atom stereocenters. The van der Waals surface area contributed by atoms with Crippen LogP contribution in [0.25, 0.3) is 10.6 Å². The summed E-state index contributed by atoms with van der Waals surface area (Å²) in [5, 5.41) is 10.3. The van der Waals surface area contributed by atoms with E-state index in [1.54, 1.807) is 11.3 Å². The van der Waals surface area contributed by atoms with Crippen LogP contribution in [-0.2, 0) is 0 Å². The van der Waals surface area contributed by atoms with Gasteiger partial charge in [0.2, 0.25) is 0 Å². The molecule has 1 fully saturated rings. The lowest BCUT2D eigenvalue weighted by Crippen LogP contribution is -2.33. The van der Waals surface area contributed by atoms with Gasteiger partial charge >= 0.3 is 0 Å². The second-order valence-corrected chi connectivity index (χ2v) is 8.77. The van der Waals surface area contributed by atoms with Crippen molar-refractivity contribution < 1.29 is 4.79 Å². The third-order valence-electron chi connectivity index (χ3n) is 4.46. The first-order valence-electron chi connectivity index (χ1n) is 8.47. The first-order valence-corrected chi connectivity index (χ1v) is 10.8. The van der Waals surface area contributed by atoms with Crippen LogP contribution in [-0.4, -0.2) is 39.8 Å². The molecule has 26 heavy (non-hydrogen) atoms. The van der Waals surface area contributed by atoms with Crippen molar-refractivity contribution in [2.45, 2.75) is 11.7 Å². The molecule has 1 saturated heterocycles. The molecule has 1 amide bonds. The third kappa shape index (κ3) is 3.68. The number of hydrogen-bond acceptors (Lipinski definition) is 4. The van der Waals surface area contributed by atoms with Crippen LogP contribution in [0.15, 0.2) is 47.8 Å². The van der Waals surface area contributed by atoms with E-state index in [0.717, 1.165) is 39.9 Å². The molecule has 1 N–H and O–H groups in total. The summed E-state index contributed by atoms with van der Waals surface area (Å²) in [5.74, 6) is 0.883. The Balaban J connectivity index is 1.46. The van der Waals surface area contributed by atoms with Gasteiger partial charge in [0, 0.05) is 29.1 Å². The number of H-pyrrole nitrogens is 1. The lowest BCUT2D eigenvalue weighted by Gasteiger charge is -2.19. The zero-order valence-electron chi connectivity index (χ0n) is 14.0. The maximum atomic E-state index is 12.9. The van der Waals surface area contributed by atoms with E-state index in [1.807, 2.05) is 58.4 Å². The quantitative estimate of drug-likeness (QED) is 0.660. The van der Waals surface area contributed by atoms with Gasteiger partial charge in [0.15, 0.2) is 5.69 Å². The zero-order valence-corrected chi connectivity index (χ0v) is 16.4. The highest BCUT2D eigenvalue weighted by molar-refractivity contribution is 7.99. The van der Waals surface area contributed by atoms with Gasteiger partial charge in [-0.15, -0.1) is 11.3 Å². The molecule has 2 aromatic heterocycles. The summed E-state index contributed by atoms with van der Waals surface area (Å²) >= 11 is 9.84. The number of rotatable bonds is 3. The molecule has 0 aliphatic carbocycles. The Morgan fingerprint density at radius 2 is 2.12 bits per heavy atom. The predicted molar refractivity (Wildman–Crippen MR) is 109 cm³/mol. The van der Waals surface area contributed by atoms with Crippen LogP contribution in [0.3, 0.4) is 0 Å². The minimum atomic E-state index is -0.00975. The monoisotopic (exact) mass is 403 g/mol. The molecular formula is C19H18ClN3OS2. The maximum Gasteiger partial charge on any atom is 0.274 e. The molecule has 0 spiro atoms. The smallest absolute Gasteiger partial charge is 0.274 e. The zero-order chi connectivity index (χ0) is 17.9. The van der Waals surface area contributed by atoms with Gasteiger partial charge in [0.05, 0.1) is 10.6 Å². The van der Waals surface area contributed by atoms with Crippen LogP contribution >= 0.6 is 34.7 Å². The van der Waals surface area contributed by atoms with Gasteiger partial charge in [0.25, 0.3) is 5.91 Å². The number of thiophene rings is 1. The van der Waals surface area contributed by atoms with Crippen LogP contribution in [0.5, 0.6) is 0 Å². The first kappa shape index (κ1) is 17.6. The molecular weight excluding hydrogens is 386 g/mol. The summed E-state index contributed by atoms with van der Waals surface area (Å²) in [6, 6.07) is 13.8. The number of hydrogen-bond donors (Lipinski definition) is 1. The fraction of sp³-hybridized carbons (Fsp3) is 0.263. The lowest BCUT2D eigenvalue weighted by molar-refractivity contribution is 0.0760. The number of carbonyl (C=O) groups excluding carboxylic acids is 1. The Labute approximate surface area is 165 Å². The highest BCUT2D eigenvalue weighted by Gasteiger charge is 2.25. The topological polar surface area (TPSA) is 49.0 Å². The average Bonchev–Trinajstić information content (AvgIpc) is 3.29. The fourth-order valence-corrected chi connectivity index (χ4v) is 5.40. The van der Waals surface area contributed by atoms with Crippen molar-refractivity contribution in [3.8, 4) is 10.6 Å². The van der Waals surface area contributed by atoms with Crippen LogP contribution < -0.4 is 0 Å². The number of aromatic amines is 1. The second-order valence-electron chi connectivity index (χ2n) is 6.11. The fourth-order valence-electron chi connectivity index (χ4n) is 3.11. The predicted octanol–water partition coefficient (Wildman–Crippen LogP) is 5.11. The normalized spacial score (nSPS) is 17.9. The molecule has 7 heteroatoms. The van der Waals surface area contributed by atoms with E-state index in [4.69, 9.17) is 11.6 Å². The largest absolute Gasteiger partial charge is 0.336 e. The Morgan fingerprint density at radius 3 is 2.92 bits per heavy atom. The van der Waals surface area contributed by atoms with E-state index >= 15 is 0 Å². The van der Waals surface area contributed by atoms with Crippen LogP contribution in [0.1, 0.15) is 27.7 Å². The molecule has 3 heterocycles. The Hall–Kier alpha value is -1.76. The Morgan fingerprint density at radius 1 is 1.23 bits per heavy atom. The number of amides is 1. The Bertz CT molecular complexity index is 894. The molecule has 134 valence electrons. The van der Waals surface area contributed by atoms with Crippen LogP contribution in [0.2, 0.25) is 5.02 Å². The summed E-state index contributed by atoms with van der Waals surface area (Å²) < 4.78 is 0. The highest BCUT2D eigenvalue weighted by Crippen LogP contribution is 2.38. The third-order valence-corrected chi connectivity index (χ3v) is 7.02. The minimum Gasteiger partial charge on any atom is -0.336 e. The molecule has 1 aliphatic heterocycles. The molecule has 0 bridgehead atoms. The first-order chi connectivity index (χ1) is 12.7. The van der Waals surface area contributed by atoms with Crippen molar-refractivity contribution in [2.75, 3.05) is 18.8 Å². The van der Waals surface area contributed by atoms with E-state index in [2.05, 4.69) is 16.3 Å². The number of halogens is 1. The van der Waals surface area contributed by atoms with Crippen LogP contribution in [0, 0.1) is 0 Å². The number of nitrogens with zero attached hydrogens (tertiary/aromatic N) is 2. The lowest BCUT2D eigenvalue weighted by atomic mass is 10.1. The molecule has 1 aliphatic rings. The van der Waals surface area contributed by atoms with Gasteiger partial charge in [0.1, 0.15) is 0 Å². The van der Waals surface area contributed by atoms with Crippen LogP contribution in [0.4, 0.5) is 0 Å². The van der Waals surface area contributed by atoms with E-state index in [9.17, 15) is 4.79 Å². The number of aromatic nitrogens is 2. The molecule has 3 aromatic rings. The van der Waals surface area contributed by atoms with Crippen molar-refractivity contribution >= 4 is 40.6 Å². The number of carbonyl (C=O) groups is 1. The molecule has 4 nitrogen and oxygen atoms in total. The van der Waals surface area contributed by atoms with Crippen molar-refractivity contribution in [3.05, 3.63) is 64.1 Å². The highest BCUT2D eigenvalue weighted by atomic mass is 35.5. The van der Waals surface area contributed by atoms with E-state index in [1.165, 1.54) is 0 Å². The number of benzene rings is 1. The second kappa shape index (κ2) is 7.86. The number of thioether (sulfide) groups is 1. The number of nitrogens with one attached hydrogen (secondary N) is 1. The SMILES string of the molecule is O=C(c1cc(-c2cccs2)[nH]n1)N1CCS[C@H](c2ccccc2Cl)CC1. The van der Waals surface area contributed by atoms with Gasteiger partial charge in [-0.1, -0.05) is 35.9 Å². The van der Waals surface area contributed by atoms with Gasteiger partial charge < -0.3 is 4.90 Å². The minimum absolute atomic E-state index is 0.00975. The molecule has 0 radical (unpaired) electrons.